The molecule has 0 aliphatic carbocycles. The third-order valence-electron chi connectivity index (χ3n) is 8.64. The molecule has 0 N–H and O–H groups in total. The minimum Gasteiger partial charge on any atom is -0.371 e. The topological polar surface area (TPSA) is 54.0 Å². The molecule has 4 rings (SSSR count). The number of ether oxygens (including phenoxy) is 4. The first-order valence-corrected chi connectivity index (χ1v) is 13.1. The molecule has 0 radical (unpaired) electrons. The van der Waals surface area contributed by atoms with Crippen LogP contribution in [0.5, 0.6) is 0 Å². The fraction of sp³-hybridized carbons (Fsp3) is 0.963. The van der Waals surface area contributed by atoms with Gasteiger partial charge < -0.3 is 18.9 Å². The molecule has 0 aromatic carbocycles. The van der Waals surface area contributed by atoms with Crippen molar-refractivity contribution in [3.63, 3.8) is 0 Å². The lowest BCUT2D eigenvalue weighted by atomic mass is 9.76. The zero-order valence-corrected chi connectivity index (χ0v) is 21.6. The zero-order valence-electron chi connectivity index (χ0n) is 21.6. The van der Waals surface area contributed by atoms with Gasteiger partial charge in [0.05, 0.1) is 36.1 Å². The molecule has 0 saturated carbocycles. The van der Waals surface area contributed by atoms with Gasteiger partial charge in [-0.05, 0) is 49.4 Å². The number of carbonyl (C=O) groups excluding carboxylic acids is 1. The number of ketones is 1. The molecule has 4 saturated heterocycles. The normalized spacial score (nSPS) is 48.8. The van der Waals surface area contributed by atoms with E-state index in [1.54, 1.807) is 6.92 Å². The maximum absolute atomic E-state index is 11.7. The van der Waals surface area contributed by atoms with Crippen LogP contribution in [-0.4, -0.2) is 47.7 Å². The summed E-state index contributed by atoms with van der Waals surface area (Å²) in [6.45, 7) is 17.6. The van der Waals surface area contributed by atoms with E-state index in [0.717, 1.165) is 32.1 Å². The van der Waals surface area contributed by atoms with Crippen LogP contribution in [0.3, 0.4) is 0 Å². The quantitative estimate of drug-likeness (QED) is 0.551. The summed E-state index contributed by atoms with van der Waals surface area (Å²) in [5.74, 6) is 1.77. The van der Waals surface area contributed by atoms with E-state index in [0.29, 0.717) is 36.0 Å². The van der Waals surface area contributed by atoms with Gasteiger partial charge in [-0.25, -0.2) is 0 Å². The summed E-state index contributed by atoms with van der Waals surface area (Å²) in [5.41, 5.74) is -0.103. The van der Waals surface area contributed by atoms with Crippen molar-refractivity contribution in [3.8, 4) is 0 Å². The highest BCUT2D eigenvalue weighted by molar-refractivity contribution is 5.76. The number of carbonyl (C=O) groups is 1. The number of rotatable bonds is 5. The Morgan fingerprint density at radius 2 is 1.50 bits per heavy atom. The van der Waals surface area contributed by atoms with E-state index in [9.17, 15) is 4.79 Å². The van der Waals surface area contributed by atoms with Crippen molar-refractivity contribution in [2.24, 2.45) is 29.6 Å². The average Bonchev–Trinajstić information content (AvgIpc) is 3.01. The summed E-state index contributed by atoms with van der Waals surface area (Å²) in [7, 11) is 0. The molecule has 0 amide bonds. The minimum atomic E-state index is -0.536. The van der Waals surface area contributed by atoms with Crippen molar-refractivity contribution >= 4 is 5.78 Å². The van der Waals surface area contributed by atoms with Crippen LogP contribution in [0.2, 0.25) is 0 Å². The Hall–Kier alpha value is -0.490. The predicted molar refractivity (Wildman–Crippen MR) is 124 cm³/mol. The van der Waals surface area contributed by atoms with Crippen LogP contribution in [0, 0.1) is 29.6 Å². The molecule has 32 heavy (non-hydrogen) atoms. The van der Waals surface area contributed by atoms with Gasteiger partial charge in [-0.1, -0.05) is 48.5 Å². The lowest BCUT2D eigenvalue weighted by Crippen LogP contribution is -2.61. The van der Waals surface area contributed by atoms with Gasteiger partial charge >= 0.3 is 0 Å². The van der Waals surface area contributed by atoms with Crippen LogP contribution < -0.4 is 0 Å². The Morgan fingerprint density at radius 1 is 0.875 bits per heavy atom. The van der Waals surface area contributed by atoms with E-state index < -0.39 is 5.79 Å². The molecule has 0 bridgehead atoms. The van der Waals surface area contributed by atoms with Crippen LogP contribution in [0.4, 0.5) is 0 Å². The van der Waals surface area contributed by atoms with E-state index in [4.69, 9.17) is 18.9 Å². The summed E-state index contributed by atoms with van der Waals surface area (Å²) in [6.07, 6.45) is 5.53. The van der Waals surface area contributed by atoms with Crippen molar-refractivity contribution in [1.82, 2.24) is 0 Å². The lowest BCUT2D eigenvalue weighted by molar-refractivity contribution is -0.368. The smallest absolute Gasteiger partial charge is 0.169 e. The third kappa shape index (κ3) is 4.56. The third-order valence-corrected chi connectivity index (χ3v) is 8.64. The summed E-state index contributed by atoms with van der Waals surface area (Å²) in [4.78, 5) is 11.7. The number of Topliss-reactive ketones (excluding diaryl/α,β-unsaturated/α-hetero) is 1. The van der Waals surface area contributed by atoms with Gasteiger partial charge in [0.2, 0.25) is 0 Å². The number of hydrogen-bond acceptors (Lipinski definition) is 5. The van der Waals surface area contributed by atoms with E-state index in [1.165, 1.54) is 0 Å². The van der Waals surface area contributed by atoms with Gasteiger partial charge in [0, 0.05) is 25.7 Å². The molecule has 1 spiro atoms. The largest absolute Gasteiger partial charge is 0.371 e. The molecular weight excluding hydrogens is 404 g/mol. The van der Waals surface area contributed by atoms with Crippen LogP contribution >= 0.6 is 0 Å². The molecule has 184 valence electrons. The first-order valence-electron chi connectivity index (χ1n) is 13.1. The number of hydrogen-bond donors (Lipinski definition) is 0. The van der Waals surface area contributed by atoms with E-state index >= 15 is 0 Å². The van der Waals surface area contributed by atoms with Crippen molar-refractivity contribution in [2.75, 3.05) is 0 Å². The highest BCUT2D eigenvalue weighted by atomic mass is 16.7. The Kier molecular flexibility index (Phi) is 6.88. The van der Waals surface area contributed by atoms with E-state index in [2.05, 4.69) is 48.5 Å². The van der Waals surface area contributed by atoms with Crippen LogP contribution in [-0.2, 0) is 23.7 Å². The second-order valence-corrected chi connectivity index (χ2v) is 12.4. The molecule has 4 aliphatic heterocycles. The van der Waals surface area contributed by atoms with Gasteiger partial charge in [0.25, 0.3) is 0 Å². The molecule has 4 heterocycles. The summed E-state index contributed by atoms with van der Waals surface area (Å²) >= 11 is 0. The molecule has 10 atom stereocenters. The van der Waals surface area contributed by atoms with E-state index in [-0.39, 0.29) is 41.9 Å². The van der Waals surface area contributed by atoms with E-state index in [1.807, 2.05) is 0 Å². The van der Waals surface area contributed by atoms with Crippen LogP contribution in [0.1, 0.15) is 93.9 Å². The predicted octanol–water partition coefficient (Wildman–Crippen LogP) is 5.54. The maximum atomic E-state index is 11.7. The summed E-state index contributed by atoms with van der Waals surface area (Å²) in [5, 5.41) is 0. The van der Waals surface area contributed by atoms with Crippen LogP contribution in [0.25, 0.3) is 0 Å². The van der Waals surface area contributed by atoms with Crippen LogP contribution in [0.15, 0.2) is 0 Å². The standard InChI is InChI=1S/C27H46O5/c1-15(2)11-26(16(3)4)14-23-25(32-26)19(7)13-27(31-23)12-18(6)24-22(30-27)9-17(5)21(29-24)10-20(8)28/h15-19,21-25H,9-14H2,1-8H3/t17-,18+,19+,21-,22+,23+,24+,25+,26+,27-/m1/s1. The fourth-order valence-corrected chi connectivity index (χ4v) is 7.17. The highest BCUT2D eigenvalue weighted by Gasteiger charge is 2.60. The minimum absolute atomic E-state index is 0.00959. The van der Waals surface area contributed by atoms with Gasteiger partial charge in [-0.15, -0.1) is 0 Å². The van der Waals surface area contributed by atoms with Gasteiger partial charge in [0.15, 0.2) is 5.79 Å². The number of fused-ring (bicyclic) bond motifs is 2. The van der Waals surface area contributed by atoms with Crippen molar-refractivity contribution < 1.29 is 23.7 Å². The SMILES string of the molecule is CC(=O)C[C@H]1O[C@@H]2[C@H](C[C@H]1C)O[C@@]1(C[C@@H]2C)C[C@H](C)[C@@H]2O[C@](CC(C)C)(C(C)C)C[C@@H]2O1. The van der Waals surface area contributed by atoms with Crippen molar-refractivity contribution in [1.29, 1.82) is 0 Å². The molecule has 0 unspecified atom stereocenters. The summed E-state index contributed by atoms with van der Waals surface area (Å²) < 4.78 is 27.0. The molecule has 0 aromatic heterocycles. The molecule has 0 aromatic rings. The Balaban J connectivity index is 1.50. The second kappa shape index (κ2) is 8.94. The first kappa shape index (κ1) is 24.6. The van der Waals surface area contributed by atoms with Crippen molar-refractivity contribution in [2.45, 2.75) is 136 Å². The molecule has 4 fully saturated rings. The van der Waals surface area contributed by atoms with Gasteiger partial charge in [-0.3, -0.25) is 4.79 Å². The lowest BCUT2D eigenvalue weighted by Gasteiger charge is -2.55. The first-order chi connectivity index (χ1) is 14.9. The molecule has 5 heteroatoms. The Labute approximate surface area is 195 Å². The summed E-state index contributed by atoms with van der Waals surface area (Å²) in [6, 6.07) is 0. The Morgan fingerprint density at radius 3 is 2.09 bits per heavy atom. The molecule has 5 nitrogen and oxygen atoms in total. The second-order valence-electron chi connectivity index (χ2n) is 12.4. The zero-order chi connectivity index (χ0) is 23.4. The maximum Gasteiger partial charge on any atom is 0.169 e. The average molecular weight is 451 g/mol. The monoisotopic (exact) mass is 450 g/mol. The Bertz CT molecular complexity index is 692. The molecular formula is C27H46O5. The highest BCUT2D eigenvalue weighted by Crippen LogP contribution is 2.53. The van der Waals surface area contributed by atoms with Gasteiger partial charge in [-0.2, -0.15) is 0 Å². The van der Waals surface area contributed by atoms with Gasteiger partial charge in [0.1, 0.15) is 5.78 Å². The molecule has 4 aliphatic rings. The van der Waals surface area contributed by atoms with Crippen molar-refractivity contribution in [3.05, 3.63) is 0 Å². The fourth-order valence-electron chi connectivity index (χ4n) is 7.17.